The standard InChI is InChI=1S/C15H14FNO4S/c1-8-6-17-14(22-8)11-4-9(15(18)19)5-12(13(11)16)21-10-2-3-20-7-10/h4-6,10H,2-3,7H2,1H3,(H,18,19)/t10-/m1/s1. The number of thiazole rings is 1. The minimum Gasteiger partial charge on any atom is -0.485 e. The van der Waals surface area contributed by atoms with Crippen molar-refractivity contribution in [2.45, 2.75) is 19.4 Å². The van der Waals surface area contributed by atoms with Crippen molar-refractivity contribution in [3.8, 4) is 16.3 Å². The van der Waals surface area contributed by atoms with Gasteiger partial charge in [-0.1, -0.05) is 0 Å². The van der Waals surface area contributed by atoms with E-state index in [1.165, 1.54) is 23.5 Å². The zero-order chi connectivity index (χ0) is 15.7. The van der Waals surface area contributed by atoms with Crippen LogP contribution in [0.15, 0.2) is 18.3 Å². The normalized spacial score (nSPS) is 17.6. The van der Waals surface area contributed by atoms with E-state index in [2.05, 4.69) is 4.98 Å². The third-order valence-electron chi connectivity index (χ3n) is 3.32. The van der Waals surface area contributed by atoms with Crippen LogP contribution in [0.4, 0.5) is 4.39 Å². The van der Waals surface area contributed by atoms with Gasteiger partial charge in [0.1, 0.15) is 11.1 Å². The Morgan fingerprint density at radius 3 is 2.95 bits per heavy atom. The number of hydrogen-bond acceptors (Lipinski definition) is 5. The predicted octanol–water partition coefficient (Wildman–Crippen LogP) is 3.12. The molecule has 0 aliphatic carbocycles. The van der Waals surface area contributed by atoms with Gasteiger partial charge in [-0.05, 0) is 19.1 Å². The van der Waals surface area contributed by atoms with E-state index < -0.39 is 11.8 Å². The number of aromatic carboxylic acids is 1. The van der Waals surface area contributed by atoms with E-state index in [0.717, 1.165) is 4.88 Å². The van der Waals surface area contributed by atoms with Crippen LogP contribution in [-0.4, -0.2) is 35.4 Å². The number of rotatable bonds is 4. The van der Waals surface area contributed by atoms with Crippen molar-refractivity contribution < 1.29 is 23.8 Å². The van der Waals surface area contributed by atoms with Gasteiger partial charge in [-0.15, -0.1) is 11.3 Å². The quantitative estimate of drug-likeness (QED) is 0.936. The van der Waals surface area contributed by atoms with Gasteiger partial charge in [0.2, 0.25) is 0 Å². The maximum absolute atomic E-state index is 14.7. The third kappa shape index (κ3) is 2.95. The molecule has 5 nitrogen and oxygen atoms in total. The minimum atomic E-state index is -1.14. The molecule has 0 radical (unpaired) electrons. The summed E-state index contributed by atoms with van der Waals surface area (Å²) in [6, 6.07) is 2.49. The first-order valence-corrected chi connectivity index (χ1v) is 7.60. The number of nitrogens with zero attached hydrogens (tertiary/aromatic N) is 1. The molecular weight excluding hydrogens is 309 g/mol. The fourth-order valence-corrected chi connectivity index (χ4v) is 3.00. The molecule has 116 valence electrons. The number of hydrogen-bond donors (Lipinski definition) is 1. The van der Waals surface area contributed by atoms with Crippen LogP contribution < -0.4 is 4.74 Å². The zero-order valence-corrected chi connectivity index (χ0v) is 12.7. The Morgan fingerprint density at radius 1 is 1.55 bits per heavy atom. The van der Waals surface area contributed by atoms with Gasteiger partial charge < -0.3 is 14.6 Å². The summed E-state index contributed by atoms with van der Waals surface area (Å²) >= 11 is 1.30. The van der Waals surface area contributed by atoms with E-state index in [4.69, 9.17) is 9.47 Å². The van der Waals surface area contributed by atoms with Gasteiger partial charge in [-0.25, -0.2) is 14.2 Å². The lowest BCUT2D eigenvalue weighted by Crippen LogP contribution is -2.17. The number of halogens is 1. The molecule has 7 heteroatoms. The highest BCUT2D eigenvalue weighted by Crippen LogP contribution is 2.34. The number of carboxylic acids is 1. The number of aromatic nitrogens is 1. The Kier molecular flexibility index (Phi) is 4.08. The molecule has 1 atom stereocenters. The summed E-state index contributed by atoms with van der Waals surface area (Å²) in [5.74, 6) is -1.80. The van der Waals surface area contributed by atoms with E-state index in [0.29, 0.717) is 24.6 Å². The number of ether oxygens (including phenoxy) is 2. The molecule has 1 fully saturated rings. The molecule has 1 saturated heterocycles. The van der Waals surface area contributed by atoms with Gasteiger partial charge in [0.25, 0.3) is 0 Å². The van der Waals surface area contributed by atoms with E-state index in [1.807, 2.05) is 6.92 Å². The smallest absolute Gasteiger partial charge is 0.335 e. The molecule has 1 aromatic heterocycles. The van der Waals surface area contributed by atoms with Gasteiger partial charge in [0.15, 0.2) is 11.6 Å². The highest BCUT2D eigenvalue weighted by atomic mass is 32.1. The Morgan fingerprint density at radius 2 is 2.36 bits per heavy atom. The summed E-state index contributed by atoms with van der Waals surface area (Å²) in [6.07, 6.45) is 2.02. The van der Waals surface area contributed by atoms with Crippen molar-refractivity contribution in [1.29, 1.82) is 0 Å². The maximum atomic E-state index is 14.7. The van der Waals surface area contributed by atoms with E-state index in [9.17, 15) is 14.3 Å². The molecule has 1 aromatic carbocycles. The average molecular weight is 323 g/mol. The lowest BCUT2D eigenvalue weighted by Gasteiger charge is -2.14. The van der Waals surface area contributed by atoms with Crippen LogP contribution in [0.25, 0.3) is 10.6 Å². The molecule has 0 saturated carbocycles. The highest BCUT2D eigenvalue weighted by molar-refractivity contribution is 7.14. The number of benzene rings is 1. The first-order chi connectivity index (χ1) is 10.5. The molecule has 0 spiro atoms. The molecule has 0 unspecified atom stereocenters. The summed E-state index contributed by atoms with van der Waals surface area (Å²) in [7, 11) is 0. The average Bonchev–Trinajstić information content (AvgIpc) is 3.12. The van der Waals surface area contributed by atoms with Crippen LogP contribution in [0, 0.1) is 12.7 Å². The molecule has 3 rings (SSSR count). The number of aryl methyl sites for hydroxylation is 1. The first-order valence-electron chi connectivity index (χ1n) is 6.78. The summed E-state index contributed by atoms with van der Waals surface area (Å²) in [5.41, 5.74) is 0.116. The van der Waals surface area contributed by atoms with Crippen LogP contribution in [0.5, 0.6) is 5.75 Å². The summed E-state index contributed by atoms with van der Waals surface area (Å²) in [5, 5.41) is 9.65. The Hall–Kier alpha value is -1.99. The summed E-state index contributed by atoms with van der Waals surface area (Å²) in [6.45, 7) is 2.79. The number of carbonyl (C=O) groups is 1. The van der Waals surface area contributed by atoms with Crippen LogP contribution >= 0.6 is 11.3 Å². The van der Waals surface area contributed by atoms with Gasteiger partial charge in [0, 0.05) is 17.5 Å². The van der Waals surface area contributed by atoms with Crippen molar-refractivity contribution in [2.24, 2.45) is 0 Å². The lowest BCUT2D eigenvalue weighted by molar-refractivity contribution is 0.0695. The second-order valence-electron chi connectivity index (χ2n) is 5.02. The first kappa shape index (κ1) is 14.9. The molecule has 1 N–H and O–H groups in total. The van der Waals surface area contributed by atoms with E-state index in [1.54, 1.807) is 6.20 Å². The highest BCUT2D eigenvalue weighted by Gasteiger charge is 2.23. The van der Waals surface area contributed by atoms with E-state index >= 15 is 0 Å². The van der Waals surface area contributed by atoms with Crippen molar-refractivity contribution >= 4 is 17.3 Å². The largest absolute Gasteiger partial charge is 0.485 e. The fourth-order valence-electron chi connectivity index (χ4n) is 2.23. The van der Waals surface area contributed by atoms with Gasteiger partial charge >= 0.3 is 5.97 Å². The van der Waals surface area contributed by atoms with Crippen molar-refractivity contribution in [3.63, 3.8) is 0 Å². The molecule has 0 amide bonds. The van der Waals surface area contributed by atoms with Crippen LogP contribution in [-0.2, 0) is 4.74 Å². The number of carboxylic acid groups (broad SMARTS) is 1. The molecule has 2 aromatic rings. The van der Waals surface area contributed by atoms with Crippen LogP contribution in [0.2, 0.25) is 0 Å². The molecule has 0 bridgehead atoms. The zero-order valence-electron chi connectivity index (χ0n) is 11.8. The van der Waals surface area contributed by atoms with Gasteiger partial charge in [-0.3, -0.25) is 0 Å². The molecule has 1 aliphatic heterocycles. The molecular formula is C15H14FNO4S. The Bertz CT molecular complexity index is 710. The SMILES string of the molecule is Cc1cnc(-c2cc(C(=O)O)cc(O[C@@H]3CCOC3)c2F)s1. The maximum Gasteiger partial charge on any atom is 0.335 e. The molecule has 22 heavy (non-hydrogen) atoms. The lowest BCUT2D eigenvalue weighted by atomic mass is 10.1. The van der Waals surface area contributed by atoms with Gasteiger partial charge in [0.05, 0.1) is 24.3 Å². The van der Waals surface area contributed by atoms with Crippen LogP contribution in [0.1, 0.15) is 21.7 Å². The predicted molar refractivity (Wildman–Crippen MR) is 79.1 cm³/mol. The third-order valence-corrected chi connectivity index (χ3v) is 4.27. The molecule has 2 heterocycles. The Labute approximate surface area is 130 Å². The van der Waals surface area contributed by atoms with Crippen molar-refractivity contribution in [1.82, 2.24) is 4.98 Å². The van der Waals surface area contributed by atoms with E-state index in [-0.39, 0.29) is 23.0 Å². The van der Waals surface area contributed by atoms with Gasteiger partial charge in [-0.2, -0.15) is 0 Å². The monoisotopic (exact) mass is 323 g/mol. The summed E-state index contributed by atoms with van der Waals surface area (Å²) < 4.78 is 25.4. The second kappa shape index (κ2) is 6.02. The molecule has 1 aliphatic rings. The fraction of sp³-hybridized carbons (Fsp3) is 0.333. The van der Waals surface area contributed by atoms with Crippen LogP contribution in [0.3, 0.4) is 0 Å². The Balaban J connectivity index is 2.04. The van der Waals surface area contributed by atoms with Crippen molar-refractivity contribution in [3.05, 3.63) is 34.6 Å². The minimum absolute atomic E-state index is 0.0295. The topological polar surface area (TPSA) is 68.7 Å². The second-order valence-corrected chi connectivity index (χ2v) is 6.26. The summed E-state index contributed by atoms with van der Waals surface area (Å²) in [4.78, 5) is 16.3. The van der Waals surface area contributed by atoms with Crippen molar-refractivity contribution in [2.75, 3.05) is 13.2 Å².